The third-order valence-electron chi connectivity index (χ3n) is 5.49. The quantitative estimate of drug-likeness (QED) is 0.582. The zero-order chi connectivity index (χ0) is 22.9. The molecule has 0 radical (unpaired) electrons. The molecule has 0 saturated carbocycles. The van der Waals surface area contributed by atoms with Crippen LogP contribution in [0, 0.1) is 16.7 Å². The van der Waals surface area contributed by atoms with Crippen LogP contribution in [0.4, 0.5) is 8.78 Å². The number of amides is 1. The molecule has 0 aliphatic heterocycles. The number of H-pyrrole nitrogens is 1. The van der Waals surface area contributed by atoms with Crippen molar-refractivity contribution in [3.63, 3.8) is 0 Å². The Balaban J connectivity index is 1.57. The van der Waals surface area contributed by atoms with Crippen molar-refractivity contribution in [1.82, 2.24) is 20.3 Å². The van der Waals surface area contributed by atoms with Gasteiger partial charge in [-0.2, -0.15) is 5.26 Å². The fourth-order valence-corrected chi connectivity index (χ4v) is 3.52. The Labute approximate surface area is 184 Å². The van der Waals surface area contributed by atoms with Crippen LogP contribution in [0.15, 0.2) is 42.6 Å². The normalized spacial score (nSPS) is 15.8. The molecule has 3 aromatic heterocycles. The summed E-state index contributed by atoms with van der Waals surface area (Å²) in [5.41, 5.74) is 3.23. The van der Waals surface area contributed by atoms with E-state index in [2.05, 4.69) is 26.3 Å². The number of carbonyl (C=O) groups is 1. The van der Waals surface area contributed by atoms with Crippen LogP contribution < -0.4 is 5.32 Å². The van der Waals surface area contributed by atoms with Crippen LogP contribution in [-0.4, -0.2) is 33.3 Å². The molecule has 0 bridgehead atoms. The highest BCUT2D eigenvalue weighted by Gasteiger charge is 2.31. The van der Waals surface area contributed by atoms with Gasteiger partial charge in [-0.1, -0.05) is 12.1 Å². The SMILES string of the molecule is CC(C)(C#N)CNC(=O)c1cccc(-c2cnc3[nH]c(C4=CCC(F)(F)CC4)cc3c2)n1. The second-order valence-electron chi connectivity index (χ2n) is 8.72. The number of alkyl halides is 2. The molecule has 164 valence electrons. The van der Waals surface area contributed by atoms with Gasteiger partial charge in [-0.15, -0.1) is 0 Å². The molecule has 4 rings (SSSR count). The average Bonchev–Trinajstić information content (AvgIpc) is 3.21. The maximum Gasteiger partial charge on any atom is 0.269 e. The fraction of sp³-hybridized carbons (Fsp3) is 0.333. The van der Waals surface area contributed by atoms with Crippen LogP contribution in [0.2, 0.25) is 0 Å². The number of pyridine rings is 2. The molecule has 6 nitrogen and oxygen atoms in total. The first kappa shape index (κ1) is 21.6. The van der Waals surface area contributed by atoms with E-state index in [9.17, 15) is 13.6 Å². The number of halogens is 2. The number of aromatic nitrogens is 3. The highest BCUT2D eigenvalue weighted by Crippen LogP contribution is 2.36. The first-order chi connectivity index (χ1) is 15.2. The van der Waals surface area contributed by atoms with Crippen LogP contribution in [0.25, 0.3) is 27.9 Å². The molecule has 1 amide bonds. The minimum absolute atomic E-state index is 0.156. The monoisotopic (exact) mass is 435 g/mol. The van der Waals surface area contributed by atoms with Crippen molar-refractivity contribution in [2.24, 2.45) is 5.41 Å². The number of nitrogens with zero attached hydrogens (tertiary/aromatic N) is 3. The molecule has 0 fully saturated rings. The standard InChI is InChI=1S/C24H23F2N5O/c1-23(2,13-27)14-29-22(32)19-5-3-4-18(30-19)17-10-16-11-20(31-21(16)28-12-17)15-6-8-24(25,26)9-7-15/h3-6,10-12H,7-9,14H2,1-2H3,(H,28,31)(H,29,32). The molecule has 2 N–H and O–H groups in total. The predicted octanol–water partition coefficient (Wildman–Crippen LogP) is 5.11. The molecule has 1 aliphatic rings. The van der Waals surface area contributed by atoms with Crippen LogP contribution in [0.5, 0.6) is 0 Å². The highest BCUT2D eigenvalue weighted by atomic mass is 19.3. The lowest BCUT2D eigenvalue weighted by molar-refractivity contribution is -0.00605. The Bertz CT molecular complexity index is 1250. The number of hydrogen-bond donors (Lipinski definition) is 2. The van der Waals surface area contributed by atoms with Gasteiger partial charge >= 0.3 is 0 Å². The minimum atomic E-state index is -2.63. The summed E-state index contributed by atoms with van der Waals surface area (Å²) in [6, 6.07) is 11.1. The minimum Gasteiger partial charge on any atom is -0.349 e. The molecule has 3 aromatic rings. The molecule has 1 aliphatic carbocycles. The molecule has 32 heavy (non-hydrogen) atoms. The van der Waals surface area contributed by atoms with Gasteiger partial charge < -0.3 is 10.3 Å². The average molecular weight is 435 g/mol. The summed E-state index contributed by atoms with van der Waals surface area (Å²) < 4.78 is 26.9. The van der Waals surface area contributed by atoms with Gasteiger partial charge in [-0.05, 0) is 50.1 Å². The largest absolute Gasteiger partial charge is 0.349 e. The van der Waals surface area contributed by atoms with Gasteiger partial charge in [0.15, 0.2) is 0 Å². The number of rotatable bonds is 5. The fourth-order valence-electron chi connectivity index (χ4n) is 3.52. The molecular weight excluding hydrogens is 412 g/mol. The number of hydrogen-bond acceptors (Lipinski definition) is 4. The van der Waals surface area contributed by atoms with E-state index in [4.69, 9.17) is 5.26 Å². The van der Waals surface area contributed by atoms with Gasteiger partial charge in [0.25, 0.3) is 11.8 Å². The van der Waals surface area contributed by atoms with E-state index in [1.54, 1.807) is 44.3 Å². The number of allylic oxidation sites excluding steroid dienone is 2. The Kier molecular flexibility index (Phi) is 5.51. The lowest BCUT2D eigenvalue weighted by Crippen LogP contribution is -2.33. The Morgan fingerprint density at radius 1 is 1.34 bits per heavy atom. The van der Waals surface area contributed by atoms with E-state index in [-0.39, 0.29) is 31.0 Å². The third kappa shape index (κ3) is 4.67. The number of aromatic amines is 1. The van der Waals surface area contributed by atoms with Gasteiger partial charge in [0.05, 0.1) is 17.2 Å². The molecule has 8 heteroatoms. The lowest BCUT2D eigenvalue weighted by Gasteiger charge is -2.20. The van der Waals surface area contributed by atoms with Crippen molar-refractivity contribution in [1.29, 1.82) is 5.26 Å². The zero-order valence-corrected chi connectivity index (χ0v) is 17.9. The number of nitriles is 1. The topological polar surface area (TPSA) is 94.5 Å². The van der Waals surface area contributed by atoms with Crippen molar-refractivity contribution < 1.29 is 13.6 Å². The second kappa shape index (κ2) is 8.15. The van der Waals surface area contributed by atoms with Gasteiger partial charge in [0, 0.05) is 42.2 Å². The summed E-state index contributed by atoms with van der Waals surface area (Å²) >= 11 is 0. The van der Waals surface area contributed by atoms with Gasteiger partial charge in [-0.25, -0.2) is 18.7 Å². The van der Waals surface area contributed by atoms with Crippen molar-refractivity contribution in [2.75, 3.05) is 6.54 Å². The Morgan fingerprint density at radius 3 is 2.88 bits per heavy atom. The van der Waals surface area contributed by atoms with Crippen LogP contribution >= 0.6 is 0 Å². The van der Waals surface area contributed by atoms with E-state index in [1.165, 1.54) is 0 Å². The number of nitrogens with one attached hydrogen (secondary N) is 2. The number of carbonyl (C=O) groups excluding carboxylic acids is 1. The van der Waals surface area contributed by atoms with E-state index in [1.807, 2.05) is 12.1 Å². The summed E-state index contributed by atoms with van der Waals surface area (Å²) in [6.45, 7) is 3.71. The Hall–Kier alpha value is -3.60. The summed E-state index contributed by atoms with van der Waals surface area (Å²) in [5.74, 6) is -2.98. The molecular formula is C24H23F2N5O. The molecule has 0 aromatic carbocycles. The van der Waals surface area contributed by atoms with E-state index < -0.39 is 11.3 Å². The number of fused-ring (bicyclic) bond motifs is 1. The van der Waals surface area contributed by atoms with Crippen molar-refractivity contribution in [2.45, 2.75) is 39.0 Å². The summed E-state index contributed by atoms with van der Waals surface area (Å²) in [5, 5.41) is 12.7. The lowest BCUT2D eigenvalue weighted by atomic mass is 9.94. The van der Waals surface area contributed by atoms with Gasteiger partial charge in [0.1, 0.15) is 11.3 Å². The Morgan fingerprint density at radius 2 is 2.16 bits per heavy atom. The zero-order valence-electron chi connectivity index (χ0n) is 17.9. The molecule has 0 saturated heterocycles. The van der Waals surface area contributed by atoms with Crippen LogP contribution in [-0.2, 0) is 0 Å². The first-order valence-electron chi connectivity index (χ1n) is 10.4. The first-order valence-corrected chi connectivity index (χ1v) is 10.4. The maximum atomic E-state index is 13.4. The molecule has 0 spiro atoms. The van der Waals surface area contributed by atoms with Crippen LogP contribution in [0.3, 0.4) is 0 Å². The van der Waals surface area contributed by atoms with Gasteiger partial charge in [-0.3, -0.25) is 4.79 Å². The summed E-state index contributed by atoms with van der Waals surface area (Å²) in [4.78, 5) is 24.6. The van der Waals surface area contributed by atoms with Crippen LogP contribution in [0.1, 0.15) is 49.3 Å². The van der Waals surface area contributed by atoms with E-state index >= 15 is 0 Å². The second-order valence-corrected chi connectivity index (χ2v) is 8.72. The van der Waals surface area contributed by atoms with Crippen molar-refractivity contribution >= 4 is 22.5 Å². The molecule has 0 unspecified atom stereocenters. The van der Waals surface area contributed by atoms with E-state index in [0.717, 1.165) is 22.2 Å². The molecule has 3 heterocycles. The summed E-state index contributed by atoms with van der Waals surface area (Å²) in [6.07, 6.45) is 3.16. The van der Waals surface area contributed by atoms with Gasteiger partial charge in [0.2, 0.25) is 0 Å². The summed E-state index contributed by atoms with van der Waals surface area (Å²) in [7, 11) is 0. The third-order valence-corrected chi connectivity index (χ3v) is 5.49. The highest BCUT2D eigenvalue weighted by molar-refractivity contribution is 5.93. The van der Waals surface area contributed by atoms with E-state index in [0.29, 0.717) is 17.8 Å². The van der Waals surface area contributed by atoms with Crippen molar-refractivity contribution in [3.05, 3.63) is 54.0 Å². The van der Waals surface area contributed by atoms with Crippen molar-refractivity contribution in [3.8, 4) is 17.3 Å². The molecule has 0 atom stereocenters. The predicted molar refractivity (Wildman–Crippen MR) is 118 cm³/mol. The smallest absolute Gasteiger partial charge is 0.269 e. The maximum absolute atomic E-state index is 13.4.